The Morgan fingerprint density at radius 2 is 1.35 bits per heavy atom. The third-order valence-electron chi connectivity index (χ3n) is 6.83. The Kier molecular flexibility index (Phi) is 12.5. The normalized spacial score (nSPS) is 18.0. The highest BCUT2D eigenvalue weighted by atomic mass is 19.4. The van der Waals surface area contributed by atoms with Crippen molar-refractivity contribution in [3.63, 3.8) is 0 Å². The van der Waals surface area contributed by atoms with Crippen molar-refractivity contribution >= 4 is 17.9 Å². The largest absolute Gasteiger partial charge is 0.490 e. The van der Waals surface area contributed by atoms with E-state index in [1.54, 1.807) is 0 Å². The van der Waals surface area contributed by atoms with Gasteiger partial charge in [0.05, 0.1) is 12.1 Å². The lowest BCUT2D eigenvalue weighted by atomic mass is 9.84. The number of hydrogen-bond donors (Lipinski definition) is 3. The molecule has 5 rings (SSSR count). The van der Waals surface area contributed by atoms with Gasteiger partial charge in [-0.05, 0) is 50.8 Å². The predicted octanol–water partition coefficient (Wildman–Crippen LogP) is 3.89. The molecule has 1 saturated carbocycles. The second kappa shape index (κ2) is 15.1. The molecule has 258 valence electrons. The Balaban J connectivity index is 0.000000289. The lowest BCUT2D eigenvalue weighted by Gasteiger charge is -2.48. The van der Waals surface area contributed by atoms with Crippen molar-refractivity contribution in [2.24, 2.45) is 5.92 Å². The van der Waals surface area contributed by atoms with Crippen LogP contribution in [0.2, 0.25) is 0 Å². The van der Waals surface area contributed by atoms with Gasteiger partial charge in [0.1, 0.15) is 5.82 Å². The molecule has 3 aliphatic rings. The molecule has 1 saturated heterocycles. The number of nitrogens with zero attached hydrogens (tertiary/aromatic N) is 6. The zero-order valence-corrected chi connectivity index (χ0v) is 23.9. The second-order valence-electron chi connectivity index (χ2n) is 10.6. The van der Waals surface area contributed by atoms with Crippen LogP contribution in [0.25, 0.3) is 11.4 Å². The van der Waals surface area contributed by atoms with Gasteiger partial charge >= 0.3 is 36.4 Å². The number of likely N-dealkylation sites (N-methyl/N-ethyl adjacent to an activating group) is 1. The summed E-state index contributed by atoms with van der Waals surface area (Å²) in [5.41, 5.74) is 1.20. The van der Waals surface area contributed by atoms with Crippen LogP contribution in [0.1, 0.15) is 31.5 Å². The van der Waals surface area contributed by atoms with Crippen LogP contribution < -0.4 is 0 Å². The number of carbonyl (C=O) groups is 3. The molecule has 46 heavy (non-hydrogen) atoms. The molecule has 0 amide bonds. The van der Waals surface area contributed by atoms with Crippen LogP contribution in [-0.2, 0) is 26.5 Å². The van der Waals surface area contributed by atoms with E-state index in [9.17, 15) is 39.5 Å². The predicted molar refractivity (Wildman–Crippen MR) is 137 cm³/mol. The quantitative estimate of drug-likeness (QED) is 0.404. The summed E-state index contributed by atoms with van der Waals surface area (Å²) in [6.07, 6.45) is -6.29. The monoisotopic (exact) mass is 680 g/mol. The van der Waals surface area contributed by atoms with E-state index in [1.165, 1.54) is 45.3 Å². The molecule has 3 N–H and O–H groups in total. The summed E-state index contributed by atoms with van der Waals surface area (Å²) in [6, 6.07) is 4.08. The molecule has 21 heteroatoms. The Morgan fingerprint density at radius 3 is 1.74 bits per heavy atom. The number of likely N-dealkylation sites (tertiary alicyclic amines) is 1. The van der Waals surface area contributed by atoms with Gasteiger partial charge in [0.15, 0.2) is 5.82 Å². The molecule has 2 aromatic rings. The highest BCUT2D eigenvalue weighted by Crippen LogP contribution is 2.40. The third kappa shape index (κ3) is 11.4. The smallest absolute Gasteiger partial charge is 0.475 e. The molecule has 1 spiro atoms. The van der Waals surface area contributed by atoms with Gasteiger partial charge in [-0.15, -0.1) is 10.2 Å². The van der Waals surface area contributed by atoms with Crippen LogP contribution in [0, 0.1) is 5.92 Å². The van der Waals surface area contributed by atoms with Crippen LogP contribution in [0.5, 0.6) is 0 Å². The van der Waals surface area contributed by atoms with Gasteiger partial charge < -0.3 is 24.8 Å². The maximum Gasteiger partial charge on any atom is 0.490 e. The highest BCUT2D eigenvalue weighted by Gasteiger charge is 2.44. The summed E-state index contributed by atoms with van der Waals surface area (Å²) >= 11 is 0. The van der Waals surface area contributed by atoms with Gasteiger partial charge in [0.25, 0.3) is 0 Å². The number of aromatic nitrogens is 4. The minimum atomic E-state index is -5.08. The van der Waals surface area contributed by atoms with Crippen molar-refractivity contribution in [2.45, 2.75) is 56.3 Å². The van der Waals surface area contributed by atoms with E-state index in [0.29, 0.717) is 0 Å². The van der Waals surface area contributed by atoms with E-state index in [-0.39, 0.29) is 5.54 Å². The molecule has 2 aromatic heterocycles. The van der Waals surface area contributed by atoms with Crippen LogP contribution in [0.15, 0.2) is 24.5 Å². The molecule has 12 nitrogen and oxygen atoms in total. The number of rotatable bonds is 3. The summed E-state index contributed by atoms with van der Waals surface area (Å²) in [7, 11) is 2.21. The van der Waals surface area contributed by atoms with Crippen molar-refractivity contribution in [3.05, 3.63) is 30.4 Å². The molecule has 0 atom stereocenters. The Morgan fingerprint density at radius 1 is 0.870 bits per heavy atom. The topological polar surface area (TPSA) is 162 Å². The first kappa shape index (κ1) is 38.2. The molecule has 2 aliphatic heterocycles. The minimum absolute atomic E-state index is 0.122. The number of carboxylic acids is 3. The van der Waals surface area contributed by atoms with Crippen molar-refractivity contribution in [3.8, 4) is 11.4 Å². The van der Waals surface area contributed by atoms with Crippen molar-refractivity contribution in [1.82, 2.24) is 29.5 Å². The van der Waals surface area contributed by atoms with E-state index < -0.39 is 36.4 Å². The van der Waals surface area contributed by atoms with Crippen molar-refractivity contribution < 1.29 is 69.2 Å². The van der Waals surface area contributed by atoms with Gasteiger partial charge in [0.2, 0.25) is 0 Å². The molecule has 0 unspecified atom stereocenters. The fraction of sp³-hybridized carbons (Fsp3) is 0.600. The number of hydrogen-bond acceptors (Lipinski definition) is 8. The summed E-state index contributed by atoms with van der Waals surface area (Å²) < 4.78 is 97.7. The number of alkyl halides is 9. The molecule has 0 radical (unpaired) electrons. The maximum absolute atomic E-state index is 10.6. The SMILES string of the molecule is CN1Cc2nnc(-c3cccnc3)n2C2(CCN(CC3CC3)CC2)C1.O=C(O)C(F)(F)F.O=C(O)C(F)(F)F.O=C(O)C(F)(F)F. The zero-order valence-electron chi connectivity index (χ0n) is 23.9. The van der Waals surface area contributed by atoms with E-state index in [4.69, 9.17) is 29.7 Å². The Hall–Kier alpha value is -4.01. The first-order valence-electron chi connectivity index (χ1n) is 13.2. The average Bonchev–Trinajstić information content (AvgIpc) is 3.65. The fourth-order valence-electron chi connectivity index (χ4n) is 4.67. The van der Waals surface area contributed by atoms with E-state index in [2.05, 4.69) is 42.7 Å². The Labute approximate surface area is 254 Å². The van der Waals surface area contributed by atoms with Crippen molar-refractivity contribution in [1.29, 1.82) is 0 Å². The lowest BCUT2D eigenvalue weighted by Crippen LogP contribution is -2.55. The number of pyridine rings is 1. The van der Waals surface area contributed by atoms with Crippen LogP contribution in [-0.4, -0.2) is 115 Å². The lowest BCUT2D eigenvalue weighted by molar-refractivity contribution is -0.193. The number of fused-ring (bicyclic) bond motifs is 2. The number of aliphatic carboxylic acids is 3. The maximum atomic E-state index is 10.6. The Bertz CT molecular complexity index is 1270. The summed E-state index contributed by atoms with van der Waals surface area (Å²) in [6.45, 7) is 5.64. The zero-order chi connectivity index (χ0) is 35.1. The van der Waals surface area contributed by atoms with Gasteiger partial charge in [-0.25, -0.2) is 14.4 Å². The van der Waals surface area contributed by atoms with Crippen LogP contribution in [0.3, 0.4) is 0 Å². The second-order valence-corrected chi connectivity index (χ2v) is 10.6. The summed E-state index contributed by atoms with van der Waals surface area (Å²) in [4.78, 5) is 36.1. The van der Waals surface area contributed by atoms with Gasteiger partial charge in [-0.3, -0.25) is 9.88 Å². The average molecular weight is 681 g/mol. The molecule has 2 fully saturated rings. The molecular formula is C25H29F9N6O6. The van der Waals surface area contributed by atoms with Crippen molar-refractivity contribution in [2.75, 3.05) is 33.2 Å². The minimum Gasteiger partial charge on any atom is -0.475 e. The fourth-order valence-corrected chi connectivity index (χ4v) is 4.67. The summed E-state index contributed by atoms with van der Waals surface area (Å²) in [5, 5.41) is 30.5. The molecule has 0 bridgehead atoms. The van der Waals surface area contributed by atoms with Crippen LogP contribution >= 0.6 is 0 Å². The van der Waals surface area contributed by atoms with E-state index >= 15 is 0 Å². The van der Waals surface area contributed by atoms with E-state index in [0.717, 1.165) is 36.2 Å². The molecule has 4 heterocycles. The number of carboxylic acid groups (broad SMARTS) is 3. The standard InChI is InChI=1S/C19H26N6.3C2HF3O2/c1-23-13-17-21-22-18(16-3-2-8-20-11-16)25(17)19(14-23)6-9-24(10-7-19)12-15-4-5-15;3*3-2(4,5)1(6)7/h2-3,8,11,15H,4-7,9-10,12-14H2,1H3;3*(H,6,7). The number of piperidine rings is 1. The molecule has 1 aliphatic carbocycles. The highest BCUT2D eigenvalue weighted by molar-refractivity contribution is 5.73. The van der Waals surface area contributed by atoms with Gasteiger partial charge in [-0.1, -0.05) is 0 Å². The van der Waals surface area contributed by atoms with E-state index in [1.807, 2.05) is 18.5 Å². The first-order chi connectivity index (χ1) is 21.1. The number of halogens is 9. The molecule has 0 aromatic carbocycles. The van der Waals surface area contributed by atoms with Crippen LogP contribution in [0.4, 0.5) is 39.5 Å². The molecular weight excluding hydrogens is 651 g/mol. The third-order valence-corrected chi connectivity index (χ3v) is 6.83. The summed E-state index contributed by atoms with van der Waals surface area (Å²) in [5.74, 6) is -5.21. The first-order valence-corrected chi connectivity index (χ1v) is 13.2. The van der Waals surface area contributed by atoms with Gasteiger partial charge in [0, 0.05) is 44.1 Å². The van der Waals surface area contributed by atoms with Gasteiger partial charge in [-0.2, -0.15) is 39.5 Å².